The monoisotopic (exact) mass is 324 g/mol. The first-order chi connectivity index (χ1) is 11.7. The Morgan fingerprint density at radius 2 is 1.88 bits per heavy atom. The molecular weight excluding hydrogens is 304 g/mol. The Hall–Kier alpha value is -2.94. The first kappa shape index (κ1) is 15.9. The van der Waals surface area contributed by atoms with Crippen LogP contribution in [0.2, 0.25) is 0 Å². The molecule has 1 fully saturated rings. The molecule has 0 spiro atoms. The molecule has 1 aromatic carbocycles. The molecule has 2 heterocycles. The lowest BCUT2D eigenvalue weighted by Gasteiger charge is -2.34. The summed E-state index contributed by atoms with van der Waals surface area (Å²) in [5.74, 6) is 2.46. The Bertz CT molecular complexity index is 782. The van der Waals surface area contributed by atoms with Crippen LogP contribution in [0.15, 0.2) is 30.5 Å². The Kier molecular flexibility index (Phi) is 4.71. The number of hydrogen-bond donors (Lipinski definition) is 2. The Morgan fingerprint density at radius 3 is 2.62 bits per heavy atom. The number of aromatic amines is 1. The van der Waals surface area contributed by atoms with E-state index >= 15 is 0 Å². The Morgan fingerprint density at radius 1 is 1.17 bits per heavy atom. The quantitative estimate of drug-likeness (QED) is 0.833. The summed E-state index contributed by atoms with van der Waals surface area (Å²) >= 11 is 0. The van der Waals surface area contributed by atoms with Crippen LogP contribution in [0.3, 0.4) is 0 Å². The number of urea groups is 1. The second-order valence-corrected chi connectivity index (χ2v) is 5.77. The van der Waals surface area contributed by atoms with Gasteiger partial charge in [0.25, 0.3) is 0 Å². The minimum absolute atomic E-state index is 0.0865. The third-order valence-corrected chi connectivity index (χ3v) is 4.28. The van der Waals surface area contributed by atoms with Crippen LogP contribution in [-0.2, 0) is 11.2 Å². The first-order valence-electron chi connectivity index (χ1n) is 7.98. The number of para-hydroxylation sites is 1. The molecular formula is C18H20N4O2. The van der Waals surface area contributed by atoms with E-state index in [2.05, 4.69) is 16.2 Å². The highest BCUT2D eigenvalue weighted by Gasteiger charge is 2.24. The van der Waals surface area contributed by atoms with Gasteiger partial charge in [0.15, 0.2) is 0 Å². The average molecular weight is 324 g/mol. The summed E-state index contributed by atoms with van der Waals surface area (Å²) in [5, 5.41) is 3.73. The Labute approximate surface area is 140 Å². The molecule has 0 atom stereocenters. The largest absolute Gasteiger partial charge is 0.361 e. The summed E-state index contributed by atoms with van der Waals surface area (Å²) in [4.78, 5) is 31.1. The fourth-order valence-corrected chi connectivity index (χ4v) is 2.95. The fraction of sp³-hybridized carbons (Fsp3) is 0.333. The molecule has 0 saturated carbocycles. The number of amides is 3. The summed E-state index contributed by atoms with van der Waals surface area (Å²) < 4.78 is 0. The number of aromatic nitrogens is 1. The molecule has 124 valence electrons. The molecule has 1 aliphatic rings. The van der Waals surface area contributed by atoms with E-state index in [-0.39, 0.29) is 18.5 Å². The number of nitrogens with one attached hydrogen (secondary N) is 2. The van der Waals surface area contributed by atoms with Gasteiger partial charge in [-0.2, -0.15) is 0 Å². The number of hydrogen-bond acceptors (Lipinski definition) is 2. The molecule has 6 nitrogen and oxygen atoms in total. The number of fused-ring (bicyclic) bond motifs is 1. The van der Waals surface area contributed by atoms with Crippen molar-refractivity contribution in [1.82, 2.24) is 20.1 Å². The maximum Gasteiger partial charge on any atom is 0.318 e. The van der Waals surface area contributed by atoms with E-state index in [0.29, 0.717) is 32.6 Å². The second-order valence-electron chi connectivity index (χ2n) is 5.77. The van der Waals surface area contributed by atoms with Crippen molar-refractivity contribution >= 4 is 22.8 Å². The van der Waals surface area contributed by atoms with Crippen molar-refractivity contribution in [3.8, 4) is 12.3 Å². The average Bonchev–Trinajstić information content (AvgIpc) is 3.03. The molecule has 1 aliphatic heterocycles. The summed E-state index contributed by atoms with van der Waals surface area (Å²) in [5.41, 5.74) is 2.04. The third-order valence-electron chi connectivity index (χ3n) is 4.28. The molecule has 3 rings (SSSR count). The van der Waals surface area contributed by atoms with E-state index in [9.17, 15) is 9.59 Å². The molecule has 6 heteroatoms. The molecule has 1 saturated heterocycles. The van der Waals surface area contributed by atoms with Crippen molar-refractivity contribution in [2.24, 2.45) is 0 Å². The number of nitrogens with zero attached hydrogens (tertiary/aromatic N) is 2. The molecule has 1 aromatic heterocycles. The van der Waals surface area contributed by atoms with Crippen molar-refractivity contribution < 1.29 is 9.59 Å². The van der Waals surface area contributed by atoms with Crippen LogP contribution < -0.4 is 5.32 Å². The van der Waals surface area contributed by atoms with Gasteiger partial charge in [-0.3, -0.25) is 4.79 Å². The van der Waals surface area contributed by atoms with Gasteiger partial charge in [-0.25, -0.2) is 4.79 Å². The maximum absolute atomic E-state index is 12.5. The molecule has 2 aromatic rings. The van der Waals surface area contributed by atoms with E-state index in [1.54, 1.807) is 4.90 Å². The summed E-state index contributed by atoms with van der Waals surface area (Å²) in [7, 11) is 0. The molecule has 24 heavy (non-hydrogen) atoms. The van der Waals surface area contributed by atoms with Crippen LogP contribution in [0.1, 0.15) is 5.56 Å². The zero-order chi connectivity index (χ0) is 16.9. The molecule has 0 radical (unpaired) electrons. The zero-order valence-electron chi connectivity index (χ0n) is 13.4. The number of benzene rings is 1. The van der Waals surface area contributed by atoms with Gasteiger partial charge in [-0.05, 0) is 11.6 Å². The third kappa shape index (κ3) is 3.35. The summed E-state index contributed by atoms with van der Waals surface area (Å²) in [6.07, 6.45) is 7.40. The lowest BCUT2D eigenvalue weighted by molar-refractivity contribution is -0.131. The second kappa shape index (κ2) is 7.09. The van der Waals surface area contributed by atoms with Gasteiger partial charge in [0.2, 0.25) is 5.91 Å². The van der Waals surface area contributed by atoms with E-state index in [4.69, 9.17) is 6.42 Å². The fourth-order valence-electron chi connectivity index (χ4n) is 2.95. The molecule has 0 bridgehead atoms. The molecule has 3 amide bonds. The van der Waals surface area contributed by atoms with Gasteiger partial charge in [-0.15, -0.1) is 6.42 Å². The summed E-state index contributed by atoms with van der Waals surface area (Å²) in [6, 6.07) is 7.78. The zero-order valence-corrected chi connectivity index (χ0v) is 13.4. The maximum atomic E-state index is 12.5. The smallest absolute Gasteiger partial charge is 0.318 e. The first-order valence-corrected chi connectivity index (χ1v) is 7.98. The predicted octanol–water partition coefficient (Wildman–Crippen LogP) is 1.20. The highest BCUT2D eigenvalue weighted by molar-refractivity contribution is 5.89. The van der Waals surface area contributed by atoms with Crippen LogP contribution in [0.4, 0.5) is 4.79 Å². The van der Waals surface area contributed by atoms with Gasteiger partial charge in [0, 0.05) is 43.3 Å². The standard InChI is InChI=1S/C18H20N4O2/c1-2-7-19-18(24)22-10-8-21(9-11-22)17(23)12-14-13-20-16-6-4-3-5-15(14)16/h1,3-6,13,20H,7-12H2,(H,19,24). The minimum atomic E-state index is -0.170. The van der Waals surface area contributed by atoms with Crippen molar-refractivity contribution in [1.29, 1.82) is 0 Å². The molecule has 2 N–H and O–H groups in total. The van der Waals surface area contributed by atoms with Crippen molar-refractivity contribution in [2.75, 3.05) is 32.7 Å². The van der Waals surface area contributed by atoms with E-state index in [0.717, 1.165) is 16.5 Å². The van der Waals surface area contributed by atoms with Gasteiger partial charge in [-0.1, -0.05) is 24.1 Å². The van der Waals surface area contributed by atoms with Gasteiger partial charge < -0.3 is 20.1 Å². The van der Waals surface area contributed by atoms with E-state index in [1.165, 1.54) is 0 Å². The Balaban J connectivity index is 1.56. The van der Waals surface area contributed by atoms with Crippen LogP contribution in [0.5, 0.6) is 0 Å². The van der Waals surface area contributed by atoms with Crippen molar-refractivity contribution in [2.45, 2.75) is 6.42 Å². The van der Waals surface area contributed by atoms with Gasteiger partial charge in [0.05, 0.1) is 13.0 Å². The van der Waals surface area contributed by atoms with Crippen LogP contribution in [-0.4, -0.2) is 59.4 Å². The van der Waals surface area contributed by atoms with E-state index in [1.807, 2.05) is 35.4 Å². The number of H-pyrrole nitrogens is 1. The minimum Gasteiger partial charge on any atom is -0.361 e. The number of piperazine rings is 1. The highest BCUT2D eigenvalue weighted by atomic mass is 16.2. The number of carbonyl (C=O) groups is 2. The van der Waals surface area contributed by atoms with E-state index < -0.39 is 0 Å². The number of carbonyl (C=O) groups excluding carboxylic acids is 2. The normalized spacial score (nSPS) is 14.5. The number of terminal acetylenes is 1. The van der Waals surface area contributed by atoms with Gasteiger partial charge in [0.1, 0.15) is 0 Å². The van der Waals surface area contributed by atoms with Crippen molar-refractivity contribution in [3.05, 3.63) is 36.0 Å². The lowest BCUT2D eigenvalue weighted by Crippen LogP contribution is -2.53. The number of rotatable bonds is 3. The topological polar surface area (TPSA) is 68.4 Å². The SMILES string of the molecule is C#CCNC(=O)N1CCN(C(=O)Cc2c[nH]c3ccccc23)CC1. The molecule has 0 aliphatic carbocycles. The van der Waals surface area contributed by atoms with Crippen LogP contribution >= 0.6 is 0 Å². The lowest BCUT2D eigenvalue weighted by atomic mass is 10.1. The molecule has 0 unspecified atom stereocenters. The highest BCUT2D eigenvalue weighted by Crippen LogP contribution is 2.19. The van der Waals surface area contributed by atoms with Crippen LogP contribution in [0.25, 0.3) is 10.9 Å². The van der Waals surface area contributed by atoms with Crippen molar-refractivity contribution in [3.63, 3.8) is 0 Å². The summed E-state index contributed by atoms with van der Waals surface area (Å²) in [6.45, 7) is 2.36. The van der Waals surface area contributed by atoms with Crippen LogP contribution in [0, 0.1) is 12.3 Å². The predicted molar refractivity (Wildman–Crippen MR) is 92.4 cm³/mol. The van der Waals surface area contributed by atoms with Gasteiger partial charge >= 0.3 is 6.03 Å².